The van der Waals surface area contributed by atoms with Crippen LogP contribution in [-0.2, 0) is 19.5 Å². The summed E-state index contributed by atoms with van der Waals surface area (Å²) in [6.07, 6.45) is 2.58. The third-order valence-corrected chi connectivity index (χ3v) is 5.67. The molecule has 0 aliphatic carbocycles. The van der Waals surface area contributed by atoms with Gasteiger partial charge in [0, 0.05) is 13.0 Å². The molecule has 1 saturated heterocycles. The minimum atomic E-state index is -0.986. The monoisotopic (exact) mass is 436 g/mol. The van der Waals surface area contributed by atoms with Crippen molar-refractivity contribution in [3.05, 3.63) is 92.9 Å². The van der Waals surface area contributed by atoms with Gasteiger partial charge in [0.1, 0.15) is 11.6 Å². The van der Waals surface area contributed by atoms with Crippen molar-refractivity contribution in [1.29, 1.82) is 0 Å². The number of amides is 1. The number of aromatic nitrogens is 2. The molecule has 1 fully saturated rings. The quantitative estimate of drug-likeness (QED) is 0.592. The molecule has 0 bridgehead atoms. The van der Waals surface area contributed by atoms with Crippen molar-refractivity contribution in [3.8, 4) is 5.75 Å². The maximum atomic E-state index is 13.3. The lowest BCUT2D eigenvalue weighted by atomic mass is 10.1. The third-order valence-electron chi connectivity index (χ3n) is 5.67. The smallest absolute Gasteiger partial charge is 0.296 e. The number of carbonyl (C=O) groups is 1. The summed E-state index contributed by atoms with van der Waals surface area (Å²) in [6, 6.07) is 13.7. The Hall–Kier alpha value is -3.52. The van der Waals surface area contributed by atoms with E-state index in [2.05, 4.69) is 16.0 Å². The van der Waals surface area contributed by atoms with E-state index in [-0.39, 0.29) is 24.6 Å². The maximum absolute atomic E-state index is 13.3. The van der Waals surface area contributed by atoms with Gasteiger partial charge in [-0.2, -0.15) is 0 Å². The van der Waals surface area contributed by atoms with Crippen LogP contribution in [0.4, 0.5) is 4.39 Å². The van der Waals surface area contributed by atoms with Gasteiger partial charge in [-0.15, -0.1) is 0 Å². The second-order valence-electron chi connectivity index (χ2n) is 8.09. The summed E-state index contributed by atoms with van der Waals surface area (Å²) in [6.45, 7) is 3.17. The van der Waals surface area contributed by atoms with Crippen LogP contribution in [0.5, 0.6) is 5.75 Å². The normalized spacial score (nSPS) is 14.0. The van der Waals surface area contributed by atoms with E-state index in [4.69, 9.17) is 5.73 Å². The van der Waals surface area contributed by atoms with Gasteiger partial charge in [0.2, 0.25) is 5.75 Å². The van der Waals surface area contributed by atoms with E-state index < -0.39 is 22.9 Å². The molecule has 1 aliphatic rings. The number of nitrogens with zero attached hydrogens (tertiary/aromatic N) is 3. The van der Waals surface area contributed by atoms with Gasteiger partial charge in [-0.1, -0.05) is 36.4 Å². The standard InChI is InChI=1S/C24H25FN4O3/c25-19-8-6-16(7-9-19)13-20-27-21(23(26)31)22(30)24(32)29(20)15-18-5-3-4-17(12-18)14-28-10-1-2-11-28/h3-9,12,30H,1-2,10-11,13-15H2,(H2,26,31). The average Bonchev–Trinajstić information content (AvgIpc) is 3.28. The highest BCUT2D eigenvalue weighted by Gasteiger charge is 2.20. The first-order valence-electron chi connectivity index (χ1n) is 10.6. The number of likely N-dealkylation sites (tertiary alicyclic amines) is 1. The molecule has 2 heterocycles. The number of carbonyl (C=O) groups excluding carboxylic acids is 1. The Bertz CT molecular complexity index is 1180. The number of halogens is 1. The molecule has 0 radical (unpaired) electrons. The predicted molar refractivity (Wildman–Crippen MR) is 118 cm³/mol. The average molecular weight is 436 g/mol. The third kappa shape index (κ3) is 4.86. The number of hydrogen-bond acceptors (Lipinski definition) is 5. The molecule has 1 amide bonds. The largest absolute Gasteiger partial charge is 0.501 e. The molecule has 2 aromatic carbocycles. The first kappa shape index (κ1) is 21.7. The Morgan fingerprint density at radius 3 is 2.34 bits per heavy atom. The lowest BCUT2D eigenvalue weighted by Gasteiger charge is -2.17. The minimum absolute atomic E-state index is 0.169. The van der Waals surface area contributed by atoms with Crippen LogP contribution < -0.4 is 11.3 Å². The van der Waals surface area contributed by atoms with E-state index >= 15 is 0 Å². The molecule has 1 aromatic heterocycles. The van der Waals surface area contributed by atoms with Gasteiger partial charge in [-0.25, -0.2) is 9.37 Å². The topological polar surface area (TPSA) is 101 Å². The molecular weight excluding hydrogens is 411 g/mol. The molecule has 7 nitrogen and oxygen atoms in total. The maximum Gasteiger partial charge on any atom is 0.296 e. The van der Waals surface area contributed by atoms with Crippen molar-refractivity contribution in [2.75, 3.05) is 13.1 Å². The summed E-state index contributed by atoms with van der Waals surface area (Å²) in [5.74, 6) is -1.87. The number of benzene rings is 2. The summed E-state index contributed by atoms with van der Waals surface area (Å²) >= 11 is 0. The molecule has 166 valence electrons. The molecule has 4 rings (SSSR count). The Kier molecular flexibility index (Phi) is 6.32. The number of hydrogen-bond donors (Lipinski definition) is 2. The summed E-state index contributed by atoms with van der Waals surface area (Å²) in [5, 5.41) is 10.2. The van der Waals surface area contributed by atoms with Gasteiger partial charge in [-0.05, 0) is 54.8 Å². The fourth-order valence-corrected chi connectivity index (χ4v) is 4.05. The van der Waals surface area contributed by atoms with Crippen molar-refractivity contribution in [3.63, 3.8) is 0 Å². The van der Waals surface area contributed by atoms with Crippen molar-refractivity contribution in [1.82, 2.24) is 14.5 Å². The molecule has 8 heteroatoms. The molecule has 0 unspecified atom stereocenters. The Labute approximate surface area is 184 Å². The SMILES string of the molecule is NC(=O)c1nc(Cc2ccc(F)cc2)n(Cc2cccc(CN3CCCC3)c2)c(=O)c1O. The summed E-state index contributed by atoms with van der Waals surface area (Å²) in [4.78, 5) is 31.2. The highest BCUT2D eigenvalue weighted by Crippen LogP contribution is 2.17. The highest BCUT2D eigenvalue weighted by molar-refractivity contribution is 5.93. The van der Waals surface area contributed by atoms with Gasteiger partial charge in [-0.3, -0.25) is 19.1 Å². The minimum Gasteiger partial charge on any atom is -0.501 e. The number of rotatable bonds is 7. The van der Waals surface area contributed by atoms with Crippen LogP contribution in [0, 0.1) is 5.82 Å². The fourth-order valence-electron chi connectivity index (χ4n) is 4.05. The Morgan fingerprint density at radius 1 is 1.03 bits per heavy atom. The van der Waals surface area contributed by atoms with Crippen molar-refractivity contribution in [2.24, 2.45) is 5.73 Å². The molecule has 0 atom stereocenters. The molecule has 0 saturated carbocycles. The van der Waals surface area contributed by atoms with E-state index in [0.29, 0.717) is 5.56 Å². The second kappa shape index (κ2) is 9.32. The summed E-state index contributed by atoms with van der Waals surface area (Å²) < 4.78 is 14.6. The number of primary amides is 1. The molecule has 3 aromatic rings. The summed E-state index contributed by atoms with van der Waals surface area (Å²) in [7, 11) is 0. The van der Waals surface area contributed by atoms with E-state index in [1.807, 2.05) is 18.2 Å². The van der Waals surface area contributed by atoms with Crippen molar-refractivity contribution < 1.29 is 14.3 Å². The predicted octanol–water partition coefficient (Wildman–Crippen LogP) is 2.42. The van der Waals surface area contributed by atoms with E-state index in [1.165, 1.54) is 29.5 Å². The molecule has 32 heavy (non-hydrogen) atoms. The zero-order chi connectivity index (χ0) is 22.7. The van der Waals surface area contributed by atoms with Gasteiger partial charge < -0.3 is 10.8 Å². The molecular formula is C24H25FN4O3. The van der Waals surface area contributed by atoms with Crippen LogP contribution in [-0.4, -0.2) is 38.6 Å². The van der Waals surface area contributed by atoms with Gasteiger partial charge >= 0.3 is 0 Å². The lowest BCUT2D eigenvalue weighted by Crippen LogP contribution is -2.29. The molecule has 3 N–H and O–H groups in total. The van der Waals surface area contributed by atoms with Crippen molar-refractivity contribution in [2.45, 2.75) is 32.4 Å². The Morgan fingerprint density at radius 2 is 1.69 bits per heavy atom. The first-order valence-corrected chi connectivity index (χ1v) is 10.6. The highest BCUT2D eigenvalue weighted by atomic mass is 19.1. The molecule has 1 aliphatic heterocycles. The fraction of sp³-hybridized carbons (Fsp3) is 0.292. The Balaban J connectivity index is 1.69. The van der Waals surface area contributed by atoms with Crippen LogP contribution in [0.3, 0.4) is 0 Å². The van der Waals surface area contributed by atoms with Crippen LogP contribution in [0.1, 0.15) is 45.8 Å². The van der Waals surface area contributed by atoms with E-state index in [0.717, 1.165) is 30.8 Å². The van der Waals surface area contributed by atoms with E-state index in [1.54, 1.807) is 12.1 Å². The van der Waals surface area contributed by atoms with E-state index in [9.17, 15) is 19.1 Å². The second-order valence-corrected chi connectivity index (χ2v) is 8.09. The van der Waals surface area contributed by atoms with Crippen molar-refractivity contribution >= 4 is 5.91 Å². The van der Waals surface area contributed by atoms with Crippen LogP contribution in [0.2, 0.25) is 0 Å². The summed E-state index contributed by atoms with van der Waals surface area (Å²) in [5.41, 5.74) is 6.81. The molecule has 0 spiro atoms. The zero-order valence-electron chi connectivity index (χ0n) is 17.6. The lowest BCUT2D eigenvalue weighted by molar-refractivity contribution is 0.0991. The van der Waals surface area contributed by atoms with Gasteiger partial charge in [0.15, 0.2) is 5.69 Å². The first-order chi connectivity index (χ1) is 15.4. The van der Waals surface area contributed by atoms with Crippen LogP contribution >= 0.6 is 0 Å². The van der Waals surface area contributed by atoms with Crippen LogP contribution in [0.25, 0.3) is 0 Å². The van der Waals surface area contributed by atoms with Crippen LogP contribution in [0.15, 0.2) is 53.3 Å². The number of nitrogens with two attached hydrogens (primary N) is 1. The van der Waals surface area contributed by atoms with Gasteiger partial charge in [0.05, 0.1) is 6.54 Å². The zero-order valence-corrected chi connectivity index (χ0v) is 17.6. The van der Waals surface area contributed by atoms with Gasteiger partial charge in [0.25, 0.3) is 11.5 Å². The number of aromatic hydroxyl groups is 1.